The molecule has 4 aromatic rings. The van der Waals surface area contributed by atoms with Crippen LogP contribution in [-0.2, 0) is 22.8 Å². The summed E-state index contributed by atoms with van der Waals surface area (Å²) in [6, 6.07) is 27.4. The molecule has 7 nitrogen and oxygen atoms in total. The van der Waals surface area contributed by atoms with Crippen LogP contribution in [0.4, 0.5) is 5.69 Å². The molecule has 8 heteroatoms. The third-order valence-electron chi connectivity index (χ3n) is 6.35. The Morgan fingerprint density at radius 2 is 1.61 bits per heavy atom. The fourth-order valence-electron chi connectivity index (χ4n) is 4.32. The van der Waals surface area contributed by atoms with E-state index in [4.69, 9.17) is 0 Å². The van der Waals surface area contributed by atoms with Crippen molar-refractivity contribution in [3.8, 4) is 11.3 Å². The number of anilines is 1. The number of benzene rings is 3. The van der Waals surface area contributed by atoms with Crippen LogP contribution in [0.2, 0.25) is 0 Å². The molecule has 5 rings (SSSR count). The van der Waals surface area contributed by atoms with E-state index in [0.29, 0.717) is 30.9 Å². The summed E-state index contributed by atoms with van der Waals surface area (Å²) in [5, 5.41) is 10.5. The zero-order valence-electron chi connectivity index (χ0n) is 19.9. The van der Waals surface area contributed by atoms with Crippen molar-refractivity contribution < 1.29 is 13.2 Å². The van der Waals surface area contributed by atoms with Gasteiger partial charge in [0, 0.05) is 37.3 Å². The van der Waals surface area contributed by atoms with E-state index in [1.165, 1.54) is 5.56 Å². The van der Waals surface area contributed by atoms with E-state index in [1.807, 2.05) is 66.7 Å². The van der Waals surface area contributed by atoms with Crippen molar-refractivity contribution in [2.24, 2.45) is 0 Å². The van der Waals surface area contributed by atoms with Gasteiger partial charge in [-0.25, -0.2) is 8.42 Å². The predicted octanol–water partition coefficient (Wildman–Crippen LogP) is 4.15. The molecule has 2 heterocycles. The molecule has 2 N–H and O–H groups in total. The molecule has 1 fully saturated rings. The van der Waals surface area contributed by atoms with Crippen LogP contribution in [0.25, 0.3) is 11.3 Å². The third-order valence-corrected chi connectivity index (χ3v) is 7.95. The van der Waals surface area contributed by atoms with Crippen LogP contribution in [0.3, 0.4) is 0 Å². The number of nitrogens with one attached hydrogen (secondary N) is 2. The molecule has 36 heavy (non-hydrogen) atoms. The van der Waals surface area contributed by atoms with Gasteiger partial charge in [0.1, 0.15) is 0 Å². The summed E-state index contributed by atoms with van der Waals surface area (Å²) in [5.41, 5.74) is 6.37. The Hall–Kier alpha value is -3.75. The summed E-state index contributed by atoms with van der Waals surface area (Å²) in [7, 11) is -2.91. The first kappa shape index (κ1) is 24.0. The van der Waals surface area contributed by atoms with Crippen molar-refractivity contribution in [1.29, 1.82) is 0 Å². The standard InChI is InChI=1S/C28H28N4O3S/c33-28(24-8-4-7-22(17-24)20-32-13-15-36(34,35)16-14-32)29-25-11-9-23(10-12-25)27-19-26(30-31-27)18-21-5-2-1-3-6-21/h1-12,17,19H,13-16,18,20H2,(H,29,33)(H,30,31). The molecule has 1 aliphatic rings. The number of sulfone groups is 1. The van der Waals surface area contributed by atoms with Crippen LogP contribution in [0.5, 0.6) is 0 Å². The summed E-state index contributed by atoms with van der Waals surface area (Å²) in [5.74, 6) is 0.198. The Bertz CT molecular complexity index is 1430. The first-order chi connectivity index (χ1) is 17.4. The second kappa shape index (κ2) is 10.5. The van der Waals surface area contributed by atoms with Crippen molar-refractivity contribution in [2.45, 2.75) is 13.0 Å². The maximum absolute atomic E-state index is 12.9. The fraction of sp³-hybridized carbons (Fsp3) is 0.214. The highest BCUT2D eigenvalue weighted by Gasteiger charge is 2.21. The smallest absolute Gasteiger partial charge is 0.255 e. The molecule has 1 aromatic heterocycles. The number of aromatic amines is 1. The Labute approximate surface area is 211 Å². The number of H-pyrrole nitrogens is 1. The monoisotopic (exact) mass is 500 g/mol. The van der Waals surface area contributed by atoms with Gasteiger partial charge in [0.2, 0.25) is 0 Å². The number of hydrogen-bond donors (Lipinski definition) is 2. The van der Waals surface area contributed by atoms with Crippen LogP contribution >= 0.6 is 0 Å². The number of carbonyl (C=O) groups is 1. The highest BCUT2D eigenvalue weighted by molar-refractivity contribution is 7.91. The number of aromatic nitrogens is 2. The molecule has 1 aliphatic heterocycles. The van der Waals surface area contributed by atoms with Crippen molar-refractivity contribution >= 4 is 21.4 Å². The largest absolute Gasteiger partial charge is 0.322 e. The second-order valence-electron chi connectivity index (χ2n) is 9.10. The fourth-order valence-corrected chi connectivity index (χ4v) is 5.60. The SMILES string of the molecule is O=C(Nc1ccc(-c2cc(Cc3ccccc3)n[nH]2)cc1)c1cccc(CN2CCS(=O)(=O)CC2)c1. The van der Waals surface area contributed by atoms with Crippen molar-refractivity contribution in [3.63, 3.8) is 0 Å². The van der Waals surface area contributed by atoms with Gasteiger partial charge in [0.05, 0.1) is 22.9 Å². The molecule has 0 radical (unpaired) electrons. The molecule has 0 unspecified atom stereocenters. The van der Waals surface area contributed by atoms with Crippen LogP contribution in [-0.4, -0.2) is 54.0 Å². The summed E-state index contributed by atoms with van der Waals surface area (Å²) in [6.45, 7) is 1.67. The molecule has 184 valence electrons. The number of nitrogens with zero attached hydrogens (tertiary/aromatic N) is 2. The molecule has 0 atom stereocenters. The highest BCUT2D eigenvalue weighted by atomic mass is 32.2. The van der Waals surface area contributed by atoms with Crippen LogP contribution in [0, 0.1) is 0 Å². The molecule has 0 spiro atoms. The Balaban J connectivity index is 1.19. The van der Waals surface area contributed by atoms with Crippen molar-refractivity contribution in [3.05, 3.63) is 107 Å². The molecule has 0 bridgehead atoms. The minimum absolute atomic E-state index is 0.183. The summed E-state index contributed by atoms with van der Waals surface area (Å²) < 4.78 is 23.3. The molecule has 0 saturated carbocycles. The molecule has 1 saturated heterocycles. The van der Waals surface area contributed by atoms with Gasteiger partial charge in [0.15, 0.2) is 9.84 Å². The Kier molecular flexibility index (Phi) is 6.97. The van der Waals surface area contributed by atoms with Crippen LogP contribution in [0.1, 0.15) is 27.2 Å². The molecule has 3 aromatic carbocycles. The van der Waals surface area contributed by atoms with E-state index in [1.54, 1.807) is 6.07 Å². The first-order valence-electron chi connectivity index (χ1n) is 12.0. The summed E-state index contributed by atoms with van der Waals surface area (Å²) >= 11 is 0. The lowest BCUT2D eigenvalue weighted by Gasteiger charge is -2.26. The van der Waals surface area contributed by atoms with E-state index in [0.717, 1.165) is 28.9 Å². The second-order valence-corrected chi connectivity index (χ2v) is 11.4. The van der Waals surface area contributed by atoms with Gasteiger partial charge in [-0.05, 0) is 47.0 Å². The van der Waals surface area contributed by atoms with Gasteiger partial charge in [0.25, 0.3) is 5.91 Å². The number of amides is 1. The first-order valence-corrected chi connectivity index (χ1v) is 13.8. The normalized spacial score (nSPS) is 15.4. The van der Waals surface area contributed by atoms with E-state index in [2.05, 4.69) is 32.5 Å². The summed E-state index contributed by atoms with van der Waals surface area (Å²) in [4.78, 5) is 15.0. The number of hydrogen-bond acceptors (Lipinski definition) is 5. The molecule has 1 amide bonds. The third kappa shape index (κ3) is 6.08. The summed E-state index contributed by atoms with van der Waals surface area (Å²) in [6.07, 6.45) is 0.765. The average Bonchev–Trinajstić information content (AvgIpc) is 3.35. The van der Waals surface area contributed by atoms with Gasteiger partial charge in [-0.2, -0.15) is 5.10 Å². The maximum atomic E-state index is 12.9. The average molecular weight is 501 g/mol. The quantitative estimate of drug-likeness (QED) is 0.398. The highest BCUT2D eigenvalue weighted by Crippen LogP contribution is 2.22. The van der Waals surface area contributed by atoms with Crippen LogP contribution < -0.4 is 5.32 Å². The number of carbonyl (C=O) groups excluding carboxylic acids is 1. The molecular formula is C28H28N4O3S. The van der Waals surface area contributed by atoms with Gasteiger partial charge < -0.3 is 5.32 Å². The van der Waals surface area contributed by atoms with Gasteiger partial charge in [-0.1, -0.05) is 54.6 Å². The van der Waals surface area contributed by atoms with Gasteiger partial charge in [-0.15, -0.1) is 0 Å². The molecular weight excluding hydrogens is 472 g/mol. The van der Waals surface area contributed by atoms with Crippen molar-refractivity contribution in [2.75, 3.05) is 29.9 Å². The lowest BCUT2D eigenvalue weighted by Crippen LogP contribution is -2.39. The van der Waals surface area contributed by atoms with E-state index >= 15 is 0 Å². The molecule has 0 aliphatic carbocycles. The van der Waals surface area contributed by atoms with Gasteiger partial charge >= 0.3 is 0 Å². The maximum Gasteiger partial charge on any atom is 0.255 e. The Morgan fingerprint density at radius 3 is 2.36 bits per heavy atom. The lowest BCUT2D eigenvalue weighted by atomic mass is 10.1. The number of rotatable bonds is 7. The van der Waals surface area contributed by atoms with E-state index < -0.39 is 9.84 Å². The minimum atomic E-state index is -2.91. The van der Waals surface area contributed by atoms with Gasteiger partial charge in [-0.3, -0.25) is 14.8 Å². The van der Waals surface area contributed by atoms with E-state index in [-0.39, 0.29) is 17.4 Å². The Morgan fingerprint density at radius 1 is 0.889 bits per heavy atom. The topological polar surface area (TPSA) is 95.2 Å². The lowest BCUT2D eigenvalue weighted by molar-refractivity contribution is 0.102. The van der Waals surface area contributed by atoms with Crippen LogP contribution in [0.15, 0.2) is 84.9 Å². The zero-order valence-corrected chi connectivity index (χ0v) is 20.7. The van der Waals surface area contributed by atoms with E-state index in [9.17, 15) is 13.2 Å². The minimum Gasteiger partial charge on any atom is -0.322 e. The predicted molar refractivity (Wildman–Crippen MR) is 142 cm³/mol. The van der Waals surface area contributed by atoms with Crippen molar-refractivity contribution in [1.82, 2.24) is 15.1 Å². The zero-order chi connectivity index (χ0) is 25.0.